The summed E-state index contributed by atoms with van der Waals surface area (Å²) in [5.74, 6) is -2.46. The van der Waals surface area contributed by atoms with Gasteiger partial charge in [-0.3, -0.25) is 0 Å². The van der Waals surface area contributed by atoms with Gasteiger partial charge < -0.3 is 10.2 Å². The Morgan fingerprint density at radius 3 is 1.46 bits per heavy atom. The van der Waals surface area contributed by atoms with Crippen LogP contribution in [0.25, 0.3) is 0 Å². The van der Waals surface area contributed by atoms with Gasteiger partial charge in [0, 0.05) is 49.4 Å². The van der Waals surface area contributed by atoms with E-state index in [1.54, 1.807) is 0 Å². The Hall–Kier alpha value is -0.256. The third-order valence-electron chi connectivity index (χ3n) is 1.39. The van der Waals surface area contributed by atoms with Crippen molar-refractivity contribution >= 4 is 11.9 Å². The van der Waals surface area contributed by atoms with Crippen LogP contribution >= 0.6 is 0 Å². The van der Waals surface area contributed by atoms with E-state index in [1.807, 2.05) is 0 Å². The molecule has 0 heterocycles. The molecule has 2 N–H and O–H groups in total. The molecule has 5 heteroatoms. The minimum Gasteiger partial charge on any atom is -0.478 e. The minimum atomic E-state index is -1.23. The van der Waals surface area contributed by atoms with E-state index in [0.717, 1.165) is 0 Å². The van der Waals surface area contributed by atoms with Gasteiger partial charge in [-0.05, 0) is 12.1 Å². The predicted molar refractivity (Wildman–Crippen MR) is 40.4 cm³/mol. The number of aromatic carboxylic acids is 2. The van der Waals surface area contributed by atoms with Gasteiger partial charge in [0.05, 0.1) is 11.1 Å². The van der Waals surface area contributed by atoms with Crippen LogP contribution in [0.5, 0.6) is 0 Å². The largest absolute Gasteiger partial charge is 0.478 e. The average molecular weight is 318 g/mol. The monoisotopic (exact) mass is 319 g/mol. The van der Waals surface area contributed by atoms with E-state index in [2.05, 4.69) is 0 Å². The molecule has 13 heavy (non-hydrogen) atoms. The summed E-state index contributed by atoms with van der Waals surface area (Å²) in [5, 5.41) is 17.1. The molecule has 0 spiro atoms. The first-order valence-corrected chi connectivity index (χ1v) is 3.18. The topological polar surface area (TPSA) is 74.6 Å². The maximum atomic E-state index is 10.5. The Kier molecular flexibility index (Phi) is 5.36. The number of rotatable bonds is 2. The molecule has 0 aliphatic heterocycles. The van der Waals surface area contributed by atoms with Crippen LogP contribution in [0.15, 0.2) is 24.3 Å². The van der Waals surface area contributed by atoms with Crippen molar-refractivity contribution in [3.05, 3.63) is 35.4 Å². The van der Waals surface area contributed by atoms with E-state index < -0.39 is 11.9 Å². The van der Waals surface area contributed by atoms with Crippen molar-refractivity contribution in [2.45, 2.75) is 0 Å². The van der Waals surface area contributed by atoms with E-state index in [-0.39, 0.29) is 60.5 Å². The zero-order valence-electron chi connectivity index (χ0n) is 6.40. The fourth-order valence-corrected chi connectivity index (χ4v) is 0.856. The van der Waals surface area contributed by atoms with Crippen molar-refractivity contribution in [2.75, 3.05) is 0 Å². The Balaban J connectivity index is 0.00000144. The van der Waals surface area contributed by atoms with Crippen LogP contribution < -0.4 is 0 Å². The Morgan fingerprint density at radius 2 is 1.23 bits per heavy atom. The van der Waals surface area contributed by atoms with E-state index >= 15 is 0 Å². The van der Waals surface area contributed by atoms with E-state index in [0.29, 0.717) is 0 Å². The van der Waals surface area contributed by atoms with Crippen LogP contribution in [0.2, 0.25) is 0 Å². The summed E-state index contributed by atoms with van der Waals surface area (Å²) in [6.45, 7) is 0. The summed E-state index contributed by atoms with van der Waals surface area (Å²) in [7, 11) is 0. The Labute approximate surface area is 115 Å². The summed E-state index contributed by atoms with van der Waals surface area (Å²) >= 11 is 0. The third-order valence-corrected chi connectivity index (χ3v) is 1.39. The molecule has 0 unspecified atom stereocenters. The third kappa shape index (κ3) is 3.17. The summed E-state index contributed by atoms with van der Waals surface area (Å²) in [6, 6.07) is 5.48. The summed E-state index contributed by atoms with van der Waals surface area (Å²) in [4.78, 5) is 20.9. The molecule has 0 aliphatic rings. The number of benzene rings is 1. The van der Waals surface area contributed by atoms with Crippen molar-refractivity contribution in [3.63, 3.8) is 0 Å². The van der Waals surface area contributed by atoms with E-state index in [4.69, 9.17) is 10.2 Å². The van der Waals surface area contributed by atoms with Crippen LogP contribution in [0, 0.1) is 49.4 Å². The molecular weight excluding hydrogens is 312 g/mol. The van der Waals surface area contributed by atoms with Gasteiger partial charge in [0.2, 0.25) is 0 Å². The van der Waals surface area contributed by atoms with Crippen molar-refractivity contribution in [1.82, 2.24) is 0 Å². The number of carboxylic acids is 2. The fourth-order valence-electron chi connectivity index (χ4n) is 0.856. The summed E-state index contributed by atoms with van der Waals surface area (Å²) in [5.41, 5.74) is -0.380. The van der Waals surface area contributed by atoms with Crippen LogP contribution in [-0.2, 0) is 0 Å². The molecule has 0 atom stereocenters. The first kappa shape index (κ1) is 12.7. The maximum absolute atomic E-state index is 10.5. The van der Waals surface area contributed by atoms with Gasteiger partial charge in [0.1, 0.15) is 0 Å². The maximum Gasteiger partial charge on any atom is 0.336 e. The van der Waals surface area contributed by atoms with Gasteiger partial charge >= 0.3 is 11.9 Å². The second-order valence-corrected chi connectivity index (χ2v) is 2.16. The first-order valence-electron chi connectivity index (χ1n) is 3.18. The van der Waals surface area contributed by atoms with Gasteiger partial charge in [-0.1, -0.05) is 12.1 Å². The van der Waals surface area contributed by atoms with Crippen molar-refractivity contribution in [3.8, 4) is 0 Å². The molecule has 1 radical (unpaired) electrons. The molecular formula is C8H6EuO4. The van der Waals surface area contributed by atoms with Crippen molar-refractivity contribution in [2.24, 2.45) is 0 Å². The van der Waals surface area contributed by atoms with E-state index in [9.17, 15) is 9.59 Å². The molecule has 0 fully saturated rings. The summed E-state index contributed by atoms with van der Waals surface area (Å²) < 4.78 is 0. The molecule has 0 saturated carbocycles. The van der Waals surface area contributed by atoms with Gasteiger partial charge in [-0.15, -0.1) is 0 Å². The van der Waals surface area contributed by atoms with Gasteiger partial charge in [0.15, 0.2) is 0 Å². The Morgan fingerprint density at radius 1 is 0.923 bits per heavy atom. The molecule has 0 aliphatic carbocycles. The molecule has 4 nitrogen and oxygen atoms in total. The van der Waals surface area contributed by atoms with Crippen LogP contribution in [-0.4, -0.2) is 22.2 Å². The second kappa shape index (κ2) is 5.47. The quantitative estimate of drug-likeness (QED) is 0.856. The standard InChI is InChI=1S/C8H6O4.Eu/c9-7(10)5-3-1-2-4-6(5)8(11)12;/h1-4H,(H,9,10)(H,11,12);. The minimum absolute atomic E-state index is 0. The van der Waals surface area contributed by atoms with E-state index in [1.165, 1.54) is 24.3 Å². The van der Waals surface area contributed by atoms with Gasteiger partial charge in [-0.2, -0.15) is 0 Å². The molecule has 0 aromatic heterocycles. The molecule has 1 aromatic rings. The smallest absolute Gasteiger partial charge is 0.336 e. The van der Waals surface area contributed by atoms with Crippen LogP contribution in [0.4, 0.5) is 0 Å². The molecule has 1 aromatic carbocycles. The number of hydrogen-bond donors (Lipinski definition) is 2. The normalized spacial score (nSPS) is 8.62. The molecule has 1 rings (SSSR count). The second-order valence-electron chi connectivity index (χ2n) is 2.16. The number of carboxylic acid groups (broad SMARTS) is 2. The zero-order valence-corrected chi connectivity index (χ0v) is 8.82. The molecule has 69 valence electrons. The Bertz CT molecular complexity index is 302. The first-order chi connectivity index (χ1) is 5.63. The zero-order chi connectivity index (χ0) is 9.14. The summed E-state index contributed by atoms with van der Waals surface area (Å²) in [6.07, 6.45) is 0. The van der Waals surface area contributed by atoms with Gasteiger partial charge in [0.25, 0.3) is 0 Å². The average Bonchev–Trinajstić information content (AvgIpc) is 2.04. The van der Waals surface area contributed by atoms with Crippen LogP contribution in [0.1, 0.15) is 20.7 Å². The molecule has 0 saturated heterocycles. The van der Waals surface area contributed by atoms with Crippen LogP contribution in [0.3, 0.4) is 0 Å². The molecule has 0 bridgehead atoms. The number of hydrogen-bond acceptors (Lipinski definition) is 2. The van der Waals surface area contributed by atoms with Crippen molar-refractivity contribution in [1.29, 1.82) is 0 Å². The van der Waals surface area contributed by atoms with Crippen molar-refractivity contribution < 1.29 is 69.2 Å². The SMILES string of the molecule is O=C(O)c1ccccc1C(=O)O.[Eu]. The van der Waals surface area contributed by atoms with Gasteiger partial charge in [-0.25, -0.2) is 9.59 Å². The number of carbonyl (C=O) groups is 2. The molecule has 0 amide bonds. The predicted octanol–water partition coefficient (Wildman–Crippen LogP) is 1.08. The fraction of sp³-hybridized carbons (Fsp3) is 0.